The van der Waals surface area contributed by atoms with Crippen LogP contribution < -0.4 is 5.32 Å². The van der Waals surface area contributed by atoms with E-state index in [2.05, 4.69) is 5.32 Å². The molecule has 1 aliphatic heterocycles. The van der Waals surface area contributed by atoms with Crippen molar-refractivity contribution in [2.45, 2.75) is 44.9 Å². The molecule has 1 heterocycles. The molecule has 2 atom stereocenters. The first-order valence-electron chi connectivity index (χ1n) is 4.61. The molecule has 2 aliphatic rings. The number of hydrogen-bond acceptors (Lipinski definition) is 3. The number of carbonyl (C=O) groups is 1. The van der Waals surface area contributed by atoms with Gasteiger partial charge in [0.2, 0.25) is 5.91 Å². The fraction of sp³-hybridized carbons (Fsp3) is 0.889. The van der Waals surface area contributed by atoms with Crippen molar-refractivity contribution in [3.8, 4) is 0 Å². The molecule has 2 bridgehead atoms. The van der Waals surface area contributed by atoms with E-state index in [9.17, 15) is 4.79 Å². The predicted octanol–water partition coefficient (Wildman–Crippen LogP) is -0.00800. The topological polar surface area (TPSA) is 69.6 Å². The van der Waals surface area contributed by atoms with Crippen molar-refractivity contribution in [3.63, 3.8) is 0 Å². The van der Waals surface area contributed by atoms with Gasteiger partial charge in [0.15, 0.2) is 5.79 Å². The van der Waals surface area contributed by atoms with Crippen LogP contribution in [0, 0.1) is 5.92 Å². The lowest BCUT2D eigenvalue weighted by atomic mass is 10.1. The Hall–Kier alpha value is -0.610. The minimum Gasteiger partial charge on any atom is -0.366 e. The maximum absolute atomic E-state index is 10.7. The lowest BCUT2D eigenvalue weighted by Crippen LogP contribution is -2.30. The average molecular weight is 187 g/mol. The molecule has 1 saturated heterocycles. The summed E-state index contributed by atoms with van der Waals surface area (Å²) in [7, 11) is 0. The number of fused-ring (bicyclic) bond motifs is 2. The smallest absolute Gasteiger partial charge is 0.223 e. The van der Waals surface area contributed by atoms with Gasteiger partial charge >= 0.3 is 0 Å². The third-order valence-electron chi connectivity index (χ3n) is 2.15. The average Bonchev–Trinajstić information content (AvgIpc) is 2.41. The van der Waals surface area contributed by atoms with Crippen LogP contribution in [0.5, 0.6) is 0 Å². The summed E-state index contributed by atoms with van der Waals surface area (Å²) in [6.07, 6.45) is 3.46. The van der Waals surface area contributed by atoms with Crippen molar-refractivity contribution in [2.24, 2.45) is 5.92 Å². The molecule has 1 amide bonds. The van der Waals surface area contributed by atoms with Crippen LogP contribution >= 0.6 is 0 Å². The van der Waals surface area contributed by atoms with Gasteiger partial charge in [-0.05, 0) is 33.1 Å². The second-order valence-corrected chi connectivity index (χ2v) is 4.21. The summed E-state index contributed by atoms with van der Waals surface area (Å²) in [5.74, 6) is -0.818. The molecule has 1 saturated carbocycles. The molecular formula is C9H17NO3. The van der Waals surface area contributed by atoms with Crippen molar-refractivity contribution in [1.29, 1.82) is 0 Å². The summed E-state index contributed by atoms with van der Waals surface area (Å²) in [6, 6.07) is 0.549. The Bertz CT molecular complexity index is 192. The second kappa shape index (κ2) is 3.64. The Morgan fingerprint density at radius 3 is 2.08 bits per heavy atom. The Morgan fingerprint density at radius 2 is 1.92 bits per heavy atom. The predicted molar refractivity (Wildman–Crippen MR) is 47.8 cm³/mol. The van der Waals surface area contributed by atoms with Crippen molar-refractivity contribution in [1.82, 2.24) is 5.32 Å². The number of hydrogen-bond donors (Lipinski definition) is 3. The van der Waals surface area contributed by atoms with E-state index in [-0.39, 0.29) is 0 Å². The maximum Gasteiger partial charge on any atom is 0.223 e. The normalized spacial score (nSPS) is 30.9. The third-order valence-corrected chi connectivity index (χ3v) is 2.15. The molecule has 1 aliphatic carbocycles. The van der Waals surface area contributed by atoms with E-state index >= 15 is 0 Å². The summed E-state index contributed by atoms with van der Waals surface area (Å²) < 4.78 is 0. The van der Waals surface area contributed by atoms with Gasteiger partial charge in [-0.25, -0.2) is 0 Å². The third kappa shape index (κ3) is 3.74. The van der Waals surface area contributed by atoms with Crippen LogP contribution in [0.3, 0.4) is 0 Å². The van der Waals surface area contributed by atoms with E-state index in [0.717, 1.165) is 12.8 Å². The summed E-state index contributed by atoms with van der Waals surface area (Å²) in [6.45, 7) is 2.60. The van der Waals surface area contributed by atoms with Crippen LogP contribution in [0.25, 0.3) is 0 Å². The highest BCUT2D eigenvalue weighted by Gasteiger charge is 2.37. The van der Waals surface area contributed by atoms with E-state index in [1.165, 1.54) is 20.3 Å². The summed E-state index contributed by atoms with van der Waals surface area (Å²) in [5, 5.41) is 19.1. The first kappa shape index (κ1) is 10.5. The largest absolute Gasteiger partial charge is 0.366 e. The number of rotatable bonds is 0. The number of amides is 1. The zero-order chi connectivity index (χ0) is 10.1. The number of carbonyl (C=O) groups excluding carboxylic acids is 1. The molecule has 2 rings (SSSR count). The lowest BCUT2D eigenvalue weighted by Gasteiger charge is -2.08. The fourth-order valence-corrected chi connectivity index (χ4v) is 1.67. The molecular weight excluding hydrogens is 170 g/mol. The Kier molecular flexibility index (Phi) is 2.93. The van der Waals surface area contributed by atoms with Crippen LogP contribution in [0.1, 0.15) is 33.1 Å². The highest BCUT2D eigenvalue weighted by atomic mass is 16.5. The van der Waals surface area contributed by atoms with Crippen molar-refractivity contribution >= 4 is 5.91 Å². The first-order chi connectivity index (χ1) is 5.86. The second-order valence-electron chi connectivity index (χ2n) is 4.21. The summed E-state index contributed by atoms with van der Waals surface area (Å²) in [5.41, 5.74) is 0. The molecule has 0 radical (unpaired) electrons. The molecule has 3 N–H and O–H groups in total. The molecule has 76 valence electrons. The molecule has 4 nitrogen and oxygen atoms in total. The van der Waals surface area contributed by atoms with Crippen LogP contribution in [0.4, 0.5) is 0 Å². The SMILES string of the molecule is CC(C)(O)O.O=C1NC2CC[C@@H]1C2. The lowest BCUT2D eigenvalue weighted by molar-refractivity contribution is -0.127. The Balaban J connectivity index is 0.000000149. The van der Waals surface area contributed by atoms with Crippen molar-refractivity contribution in [2.75, 3.05) is 0 Å². The highest BCUT2D eigenvalue weighted by molar-refractivity contribution is 5.82. The quantitative estimate of drug-likeness (QED) is 0.467. The van der Waals surface area contributed by atoms with Gasteiger partial charge in [0.25, 0.3) is 0 Å². The Labute approximate surface area is 78.0 Å². The molecule has 0 aromatic heterocycles. The van der Waals surface area contributed by atoms with Gasteiger partial charge in [0.05, 0.1) is 0 Å². The monoisotopic (exact) mass is 187 g/mol. The van der Waals surface area contributed by atoms with Crippen molar-refractivity contribution < 1.29 is 15.0 Å². The molecule has 4 heteroatoms. The minimum atomic E-state index is -1.50. The molecule has 0 aromatic rings. The van der Waals surface area contributed by atoms with Gasteiger partial charge < -0.3 is 15.5 Å². The van der Waals surface area contributed by atoms with Gasteiger partial charge in [-0.3, -0.25) is 4.79 Å². The minimum absolute atomic E-state index is 0.293. The van der Waals surface area contributed by atoms with E-state index in [1.54, 1.807) is 0 Å². The van der Waals surface area contributed by atoms with Gasteiger partial charge in [-0.1, -0.05) is 0 Å². The number of nitrogens with one attached hydrogen (secondary N) is 1. The molecule has 2 fully saturated rings. The van der Waals surface area contributed by atoms with Crippen molar-refractivity contribution in [3.05, 3.63) is 0 Å². The first-order valence-corrected chi connectivity index (χ1v) is 4.61. The van der Waals surface area contributed by atoms with E-state index < -0.39 is 5.79 Å². The van der Waals surface area contributed by atoms with Gasteiger partial charge in [0, 0.05) is 12.0 Å². The van der Waals surface area contributed by atoms with Crippen LogP contribution in [-0.4, -0.2) is 27.9 Å². The molecule has 0 aromatic carbocycles. The molecule has 0 spiro atoms. The summed E-state index contributed by atoms with van der Waals surface area (Å²) in [4.78, 5) is 10.7. The van der Waals surface area contributed by atoms with Gasteiger partial charge in [0.1, 0.15) is 0 Å². The molecule has 13 heavy (non-hydrogen) atoms. The van der Waals surface area contributed by atoms with E-state index in [1.807, 2.05) is 0 Å². The molecule has 1 unspecified atom stereocenters. The number of piperidine rings is 1. The van der Waals surface area contributed by atoms with Crippen LogP contribution in [0.15, 0.2) is 0 Å². The zero-order valence-corrected chi connectivity index (χ0v) is 8.08. The standard InChI is InChI=1S/C6H9NO.C3H8O2/c8-6-4-1-2-5(3-4)7-6;1-3(2,4)5/h4-5H,1-3H2,(H,7,8);4-5H,1-2H3/t4-,5?;/m1./s1. The van der Waals surface area contributed by atoms with E-state index in [4.69, 9.17) is 10.2 Å². The Morgan fingerprint density at radius 1 is 1.38 bits per heavy atom. The van der Waals surface area contributed by atoms with Crippen LogP contribution in [-0.2, 0) is 4.79 Å². The summed E-state index contributed by atoms with van der Waals surface area (Å²) >= 11 is 0. The zero-order valence-electron chi connectivity index (χ0n) is 8.08. The van der Waals surface area contributed by atoms with E-state index in [0.29, 0.717) is 17.9 Å². The highest BCUT2D eigenvalue weighted by Crippen LogP contribution is 2.31. The van der Waals surface area contributed by atoms with Gasteiger partial charge in [-0.2, -0.15) is 0 Å². The van der Waals surface area contributed by atoms with Crippen LogP contribution in [0.2, 0.25) is 0 Å². The maximum atomic E-state index is 10.7. The fourth-order valence-electron chi connectivity index (χ4n) is 1.67. The van der Waals surface area contributed by atoms with Gasteiger partial charge in [-0.15, -0.1) is 0 Å². The number of aliphatic hydroxyl groups is 2.